The van der Waals surface area contributed by atoms with Crippen LogP contribution in [0.15, 0.2) is 30.4 Å². The van der Waals surface area contributed by atoms with Crippen LogP contribution in [-0.4, -0.2) is 22.5 Å². The lowest BCUT2D eigenvalue weighted by Crippen LogP contribution is -2.52. The van der Waals surface area contributed by atoms with E-state index in [1.807, 2.05) is 25.1 Å². The molecule has 0 radical (unpaired) electrons. The highest BCUT2D eigenvalue weighted by Crippen LogP contribution is 2.59. The fourth-order valence-electron chi connectivity index (χ4n) is 2.96. The van der Waals surface area contributed by atoms with Gasteiger partial charge in [0.2, 0.25) is 0 Å². The molecule has 0 saturated heterocycles. The van der Waals surface area contributed by atoms with Crippen molar-refractivity contribution in [3.8, 4) is 5.75 Å². The van der Waals surface area contributed by atoms with Crippen LogP contribution in [0.2, 0.25) is 18.1 Å². The standard InChI is InChI=1S/C19H30O3Si/c1-9-13-19(21-6)16-14(11-10-12-15(16)20-5)17(19)22-23(7,8)18(2,3)4/h9-13,17H,1-8H3/b13-9-/t17-,19+/m0/s1. The molecule has 1 aromatic carbocycles. The van der Waals surface area contributed by atoms with Gasteiger partial charge in [0.15, 0.2) is 8.32 Å². The SMILES string of the molecule is C/C=C\[C@@]1(OC)c2c(OC)cccc2[C@@H]1O[Si](C)(C)C(C)(C)C. The van der Waals surface area contributed by atoms with E-state index in [0.717, 1.165) is 11.3 Å². The van der Waals surface area contributed by atoms with Crippen LogP contribution in [0.3, 0.4) is 0 Å². The summed E-state index contributed by atoms with van der Waals surface area (Å²) in [6.07, 6.45) is 4.03. The minimum atomic E-state index is -1.92. The first-order valence-electron chi connectivity index (χ1n) is 8.19. The van der Waals surface area contributed by atoms with Gasteiger partial charge in [-0.05, 0) is 42.8 Å². The third-order valence-corrected chi connectivity index (χ3v) is 9.75. The zero-order chi connectivity index (χ0) is 17.5. The first kappa shape index (κ1) is 18.2. The lowest BCUT2D eigenvalue weighted by molar-refractivity contribution is -0.0982. The lowest BCUT2D eigenvalue weighted by Gasteiger charge is -2.52. The normalized spacial score (nSPS) is 24.4. The highest BCUT2D eigenvalue weighted by Gasteiger charge is 2.56. The fourth-order valence-corrected chi connectivity index (χ4v) is 4.20. The molecule has 0 fully saturated rings. The van der Waals surface area contributed by atoms with E-state index < -0.39 is 13.9 Å². The Bertz CT molecular complexity index is 601. The molecular formula is C19H30O3Si. The average molecular weight is 335 g/mol. The van der Waals surface area contributed by atoms with Gasteiger partial charge in [0, 0.05) is 12.7 Å². The molecule has 1 aliphatic rings. The summed E-state index contributed by atoms with van der Waals surface area (Å²) in [5.74, 6) is 0.859. The van der Waals surface area contributed by atoms with Gasteiger partial charge in [0.05, 0.1) is 7.11 Å². The second kappa shape index (κ2) is 6.08. The maximum Gasteiger partial charge on any atom is 0.193 e. The highest BCUT2D eigenvalue weighted by molar-refractivity contribution is 6.74. The topological polar surface area (TPSA) is 27.7 Å². The summed E-state index contributed by atoms with van der Waals surface area (Å²) in [4.78, 5) is 0. The Morgan fingerprint density at radius 1 is 1.17 bits per heavy atom. The maximum absolute atomic E-state index is 6.73. The predicted molar refractivity (Wildman–Crippen MR) is 97.5 cm³/mol. The number of ether oxygens (including phenoxy) is 2. The summed E-state index contributed by atoms with van der Waals surface area (Å²) in [7, 11) is 1.53. The molecule has 0 saturated carbocycles. The Labute approximate surface area is 141 Å². The van der Waals surface area contributed by atoms with Crippen LogP contribution in [0.4, 0.5) is 0 Å². The number of hydrogen-bond donors (Lipinski definition) is 0. The number of benzene rings is 1. The molecule has 0 aliphatic heterocycles. The Kier molecular flexibility index (Phi) is 4.82. The van der Waals surface area contributed by atoms with Crippen LogP contribution in [-0.2, 0) is 14.8 Å². The zero-order valence-electron chi connectivity index (χ0n) is 15.7. The van der Waals surface area contributed by atoms with Crippen LogP contribution in [0, 0.1) is 0 Å². The Hall–Kier alpha value is -1.10. The van der Waals surface area contributed by atoms with E-state index in [1.54, 1.807) is 14.2 Å². The summed E-state index contributed by atoms with van der Waals surface area (Å²) >= 11 is 0. The molecule has 0 spiro atoms. The monoisotopic (exact) mass is 334 g/mol. The Morgan fingerprint density at radius 2 is 1.83 bits per heavy atom. The van der Waals surface area contributed by atoms with Gasteiger partial charge in [-0.3, -0.25) is 0 Å². The second-order valence-corrected chi connectivity index (χ2v) is 12.4. The summed E-state index contributed by atoms with van der Waals surface area (Å²) < 4.78 is 18.3. The second-order valence-electron chi connectivity index (χ2n) is 7.68. The number of allylic oxidation sites excluding steroid dienone is 1. The molecule has 0 aromatic heterocycles. The molecule has 2 rings (SSSR count). The molecule has 0 amide bonds. The Balaban J connectivity index is 2.53. The number of hydrogen-bond acceptors (Lipinski definition) is 3. The lowest BCUT2D eigenvalue weighted by atomic mass is 9.69. The highest BCUT2D eigenvalue weighted by atomic mass is 28.4. The van der Waals surface area contributed by atoms with Gasteiger partial charge in [0.1, 0.15) is 17.5 Å². The fraction of sp³-hybridized carbons (Fsp3) is 0.579. The minimum absolute atomic E-state index is 0.0882. The van der Waals surface area contributed by atoms with Crippen molar-refractivity contribution >= 4 is 8.32 Å². The summed E-state index contributed by atoms with van der Waals surface area (Å²) in [5, 5.41) is 0.150. The molecular weight excluding hydrogens is 304 g/mol. The van der Waals surface area contributed by atoms with Crippen molar-refractivity contribution in [3.63, 3.8) is 0 Å². The van der Waals surface area contributed by atoms with Crippen molar-refractivity contribution in [1.29, 1.82) is 0 Å². The van der Waals surface area contributed by atoms with Gasteiger partial charge in [-0.15, -0.1) is 0 Å². The molecule has 0 heterocycles. The summed E-state index contributed by atoms with van der Waals surface area (Å²) in [6.45, 7) is 13.3. The number of fused-ring (bicyclic) bond motifs is 1. The van der Waals surface area contributed by atoms with E-state index in [0.29, 0.717) is 0 Å². The van der Waals surface area contributed by atoms with E-state index in [4.69, 9.17) is 13.9 Å². The van der Waals surface area contributed by atoms with Crippen LogP contribution < -0.4 is 4.74 Å². The predicted octanol–water partition coefficient (Wildman–Crippen LogP) is 5.19. The van der Waals surface area contributed by atoms with Crippen LogP contribution in [0.1, 0.15) is 44.9 Å². The molecule has 4 heteroatoms. The van der Waals surface area contributed by atoms with E-state index >= 15 is 0 Å². The summed E-state index contributed by atoms with van der Waals surface area (Å²) in [5.41, 5.74) is 1.70. The maximum atomic E-state index is 6.73. The van der Waals surface area contributed by atoms with Crippen molar-refractivity contribution in [3.05, 3.63) is 41.5 Å². The molecule has 0 unspecified atom stereocenters. The molecule has 1 aromatic rings. The summed E-state index contributed by atoms with van der Waals surface area (Å²) in [6, 6.07) is 6.13. The smallest absolute Gasteiger partial charge is 0.193 e. The van der Waals surface area contributed by atoms with Crippen molar-refractivity contribution < 1.29 is 13.9 Å². The van der Waals surface area contributed by atoms with Crippen molar-refractivity contribution in [2.24, 2.45) is 0 Å². The Morgan fingerprint density at radius 3 is 2.30 bits per heavy atom. The van der Waals surface area contributed by atoms with E-state index in [-0.39, 0.29) is 11.1 Å². The molecule has 0 bridgehead atoms. The van der Waals surface area contributed by atoms with Crippen LogP contribution in [0.5, 0.6) is 5.75 Å². The third-order valence-electron chi connectivity index (χ3n) is 5.31. The van der Waals surface area contributed by atoms with Crippen molar-refractivity contribution in [2.75, 3.05) is 14.2 Å². The molecule has 1 aliphatic carbocycles. The molecule has 128 valence electrons. The molecule has 2 atom stereocenters. The quantitative estimate of drug-likeness (QED) is 0.548. The van der Waals surface area contributed by atoms with Crippen LogP contribution >= 0.6 is 0 Å². The average Bonchev–Trinajstić information content (AvgIpc) is 2.48. The van der Waals surface area contributed by atoms with E-state index in [1.165, 1.54) is 5.56 Å². The number of rotatable bonds is 5. The molecule has 3 nitrogen and oxygen atoms in total. The van der Waals surface area contributed by atoms with Gasteiger partial charge >= 0.3 is 0 Å². The largest absolute Gasteiger partial charge is 0.496 e. The zero-order valence-corrected chi connectivity index (χ0v) is 16.7. The molecule has 0 N–H and O–H groups in total. The molecule has 23 heavy (non-hydrogen) atoms. The first-order chi connectivity index (χ1) is 10.6. The van der Waals surface area contributed by atoms with Crippen LogP contribution in [0.25, 0.3) is 0 Å². The third kappa shape index (κ3) is 2.77. The van der Waals surface area contributed by atoms with E-state index in [2.05, 4.69) is 46.0 Å². The van der Waals surface area contributed by atoms with E-state index in [9.17, 15) is 0 Å². The van der Waals surface area contributed by atoms with Gasteiger partial charge in [-0.25, -0.2) is 0 Å². The first-order valence-corrected chi connectivity index (χ1v) is 11.1. The number of methoxy groups -OCH3 is 2. The van der Waals surface area contributed by atoms with Gasteiger partial charge in [-0.1, -0.05) is 39.0 Å². The van der Waals surface area contributed by atoms with Crippen molar-refractivity contribution in [1.82, 2.24) is 0 Å². The van der Waals surface area contributed by atoms with Gasteiger partial charge < -0.3 is 13.9 Å². The van der Waals surface area contributed by atoms with Gasteiger partial charge in [-0.2, -0.15) is 0 Å². The minimum Gasteiger partial charge on any atom is -0.496 e. The van der Waals surface area contributed by atoms with Gasteiger partial charge in [0.25, 0.3) is 0 Å². The van der Waals surface area contributed by atoms with Crippen molar-refractivity contribution in [2.45, 2.75) is 57.5 Å².